The molecule has 0 unspecified atom stereocenters. The molecule has 9 heteroatoms. The van der Waals surface area contributed by atoms with Crippen LogP contribution in [0.2, 0.25) is 0 Å². The predicted octanol–water partition coefficient (Wildman–Crippen LogP) is 0.431. The van der Waals surface area contributed by atoms with E-state index in [0.29, 0.717) is 13.1 Å². The third kappa shape index (κ3) is 3.73. The Labute approximate surface area is 136 Å². The highest BCUT2D eigenvalue weighted by Gasteiger charge is 2.43. The minimum Gasteiger partial charge on any atom is -0.395 e. The van der Waals surface area contributed by atoms with Crippen molar-refractivity contribution >= 4 is 11.8 Å². The van der Waals surface area contributed by atoms with Crippen molar-refractivity contribution in [3.05, 3.63) is 23.8 Å². The van der Waals surface area contributed by atoms with E-state index in [9.17, 15) is 18.4 Å². The summed E-state index contributed by atoms with van der Waals surface area (Å²) in [4.78, 5) is 24.0. The van der Waals surface area contributed by atoms with E-state index in [2.05, 4.69) is 19.7 Å². The van der Waals surface area contributed by atoms with Crippen molar-refractivity contribution in [3.8, 4) is 11.5 Å². The third-order valence-electron chi connectivity index (χ3n) is 4.02. The number of carbonyl (C=O) groups is 2. The number of alkyl halides is 2. The lowest BCUT2D eigenvalue weighted by atomic mass is 10.1. The summed E-state index contributed by atoms with van der Waals surface area (Å²) in [5.41, 5.74) is 5.71. The van der Waals surface area contributed by atoms with Crippen LogP contribution in [0, 0.1) is 5.92 Å². The number of fused-ring (bicyclic) bond motifs is 1. The van der Waals surface area contributed by atoms with Crippen LogP contribution < -0.4 is 20.5 Å². The minimum absolute atomic E-state index is 0.0252. The van der Waals surface area contributed by atoms with Crippen molar-refractivity contribution in [3.63, 3.8) is 0 Å². The van der Waals surface area contributed by atoms with Gasteiger partial charge < -0.3 is 20.5 Å². The summed E-state index contributed by atoms with van der Waals surface area (Å²) in [6.45, 7) is 2.49. The van der Waals surface area contributed by atoms with Gasteiger partial charge in [0.15, 0.2) is 11.5 Å². The summed E-state index contributed by atoms with van der Waals surface area (Å²) in [7, 11) is 0. The lowest BCUT2D eigenvalue weighted by molar-refractivity contribution is -0.286. The Morgan fingerprint density at radius 1 is 1.33 bits per heavy atom. The van der Waals surface area contributed by atoms with Crippen molar-refractivity contribution in [2.75, 3.05) is 19.6 Å². The van der Waals surface area contributed by atoms with Gasteiger partial charge in [0.25, 0.3) is 0 Å². The number of benzene rings is 1. The molecule has 2 aliphatic heterocycles. The number of hydrogen-bond donors (Lipinski definition) is 2. The number of nitrogens with zero attached hydrogens (tertiary/aromatic N) is 1. The number of amides is 2. The van der Waals surface area contributed by atoms with Gasteiger partial charge in [0.2, 0.25) is 0 Å². The first-order valence-electron chi connectivity index (χ1n) is 7.51. The lowest BCUT2D eigenvalue weighted by Crippen LogP contribution is -2.39. The average molecular weight is 341 g/mol. The molecule has 1 aromatic carbocycles. The molecule has 7 nitrogen and oxygen atoms in total. The van der Waals surface area contributed by atoms with Gasteiger partial charge in [0, 0.05) is 19.6 Å². The SMILES string of the molecule is NC(=O)C(=O)NC[C@@H]1CCN(Cc2ccc3c(c2)OC(F)(F)O3)C1. The average Bonchev–Trinajstić information content (AvgIpc) is 3.06. The van der Waals surface area contributed by atoms with Crippen LogP contribution in [0.5, 0.6) is 11.5 Å². The number of primary amides is 1. The molecule has 0 aliphatic carbocycles. The number of carbonyl (C=O) groups excluding carboxylic acids is 2. The number of hydrogen-bond acceptors (Lipinski definition) is 5. The molecule has 1 atom stereocenters. The minimum atomic E-state index is -3.61. The highest BCUT2D eigenvalue weighted by atomic mass is 19.3. The van der Waals surface area contributed by atoms with Crippen LogP contribution in [-0.4, -0.2) is 42.6 Å². The van der Waals surface area contributed by atoms with Crippen LogP contribution in [0.4, 0.5) is 8.78 Å². The van der Waals surface area contributed by atoms with Crippen molar-refractivity contribution < 1.29 is 27.8 Å². The highest BCUT2D eigenvalue weighted by Crippen LogP contribution is 2.41. The number of rotatable bonds is 4. The topological polar surface area (TPSA) is 93.9 Å². The molecule has 0 aromatic heterocycles. The zero-order chi connectivity index (χ0) is 17.3. The first kappa shape index (κ1) is 16.4. The normalized spacial score (nSPS) is 21.7. The summed E-state index contributed by atoms with van der Waals surface area (Å²) in [6, 6.07) is 4.72. The van der Waals surface area contributed by atoms with Crippen LogP contribution in [0.25, 0.3) is 0 Å². The number of nitrogens with one attached hydrogen (secondary N) is 1. The molecule has 1 fully saturated rings. The maximum Gasteiger partial charge on any atom is 0.586 e. The second-order valence-electron chi connectivity index (χ2n) is 5.91. The van der Waals surface area contributed by atoms with E-state index in [-0.39, 0.29) is 17.4 Å². The van der Waals surface area contributed by atoms with Crippen LogP contribution in [0.3, 0.4) is 0 Å². The van der Waals surface area contributed by atoms with E-state index in [1.165, 1.54) is 6.07 Å². The standard InChI is InChI=1S/C15H17F2N3O4/c16-15(17)23-11-2-1-9(5-12(11)24-15)7-20-4-3-10(8-20)6-19-14(22)13(18)21/h1-2,5,10H,3-4,6-8H2,(H2,18,21)(H,19,22)/t10-/m0/s1. The smallest absolute Gasteiger partial charge is 0.395 e. The van der Waals surface area contributed by atoms with Crippen LogP contribution in [-0.2, 0) is 16.1 Å². The Kier molecular flexibility index (Phi) is 4.27. The van der Waals surface area contributed by atoms with E-state index in [1.807, 2.05) is 0 Å². The van der Waals surface area contributed by atoms with Gasteiger partial charge in [-0.15, -0.1) is 8.78 Å². The number of ether oxygens (including phenoxy) is 2. The van der Waals surface area contributed by atoms with Crippen molar-refractivity contribution in [1.82, 2.24) is 10.2 Å². The molecule has 0 bridgehead atoms. The van der Waals surface area contributed by atoms with Gasteiger partial charge in [-0.05, 0) is 36.6 Å². The molecule has 130 valence electrons. The van der Waals surface area contributed by atoms with Gasteiger partial charge in [-0.1, -0.05) is 6.07 Å². The molecule has 3 N–H and O–H groups in total. The maximum atomic E-state index is 13.0. The largest absolute Gasteiger partial charge is 0.586 e. The molecule has 2 heterocycles. The van der Waals surface area contributed by atoms with E-state index < -0.39 is 18.1 Å². The van der Waals surface area contributed by atoms with Crippen LogP contribution in [0.1, 0.15) is 12.0 Å². The van der Waals surface area contributed by atoms with Crippen molar-refractivity contribution in [1.29, 1.82) is 0 Å². The number of halogens is 2. The molecule has 1 saturated heterocycles. The quantitative estimate of drug-likeness (QED) is 0.775. The second-order valence-corrected chi connectivity index (χ2v) is 5.91. The first-order valence-corrected chi connectivity index (χ1v) is 7.51. The summed E-state index contributed by atoms with van der Waals surface area (Å²) < 4.78 is 34.8. The first-order chi connectivity index (χ1) is 11.3. The molecule has 3 rings (SSSR count). The molecule has 0 spiro atoms. The fourth-order valence-electron chi connectivity index (χ4n) is 2.90. The van der Waals surface area contributed by atoms with Gasteiger partial charge in [-0.2, -0.15) is 0 Å². The monoisotopic (exact) mass is 341 g/mol. The summed E-state index contributed by atoms with van der Waals surface area (Å²) in [5, 5.41) is 2.49. The zero-order valence-electron chi connectivity index (χ0n) is 12.8. The Bertz CT molecular complexity index is 668. The summed E-state index contributed by atoms with van der Waals surface area (Å²) >= 11 is 0. The maximum absolute atomic E-state index is 13.0. The molecule has 0 radical (unpaired) electrons. The second kappa shape index (κ2) is 6.23. The molecule has 1 aromatic rings. The molecule has 2 aliphatic rings. The third-order valence-corrected chi connectivity index (χ3v) is 4.02. The van der Waals surface area contributed by atoms with Gasteiger partial charge in [0.1, 0.15) is 0 Å². The van der Waals surface area contributed by atoms with Gasteiger partial charge in [-0.3, -0.25) is 14.5 Å². The fraction of sp³-hybridized carbons (Fsp3) is 0.467. The van der Waals surface area contributed by atoms with Crippen molar-refractivity contribution in [2.45, 2.75) is 19.3 Å². The van der Waals surface area contributed by atoms with E-state index in [4.69, 9.17) is 5.73 Å². The van der Waals surface area contributed by atoms with Gasteiger partial charge in [0.05, 0.1) is 0 Å². The zero-order valence-corrected chi connectivity index (χ0v) is 12.8. The van der Waals surface area contributed by atoms with Crippen molar-refractivity contribution in [2.24, 2.45) is 11.7 Å². The Balaban J connectivity index is 1.51. The van der Waals surface area contributed by atoms with E-state index in [1.54, 1.807) is 12.1 Å². The number of likely N-dealkylation sites (tertiary alicyclic amines) is 1. The van der Waals surface area contributed by atoms with Gasteiger partial charge >= 0.3 is 18.1 Å². The Hall–Kier alpha value is -2.42. The van der Waals surface area contributed by atoms with Crippen LogP contribution in [0.15, 0.2) is 18.2 Å². The molecule has 0 saturated carbocycles. The molecule has 24 heavy (non-hydrogen) atoms. The van der Waals surface area contributed by atoms with E-state index in [0.717, 1.165) is 25.1 Å². The number of nitrogens with two attached hydrogens (primary N) is 1. The lowest BCUT2D eigenvalue weighted by Gasteiger charge is -2.16. The summed E-state index contributed by atoms with van der Waals surface area (Å²) in [5.74, 6) is -1.52. The molecular formula is C15H17F2N3O4. The Morgan fingerprint density at radius 2 is 2.08 bits per heavy atom. The van der Waals surface area contributed by atoms with E-state index >= 15 is 0 Å². The van der Waals surface area contributed by atoms with Gasteiger partial charge in [-0.25, -0.2) is 0 Å². The summed E-state index contributed by atoms with van der Waals surface area (Å²) in [6.07, 6.45) is -2.75. The van der Waals surface area contributed by atoms with Crippen LogP contribution >= 0.6 is 0 Å². The Morgan fingerprint density at radius 3 is 2.83 bits per heavy atom. The fourth-order valence-corrected chi connectivity index (χ4v) is 2.90. The highest BCUT2D eigenvalue weighted by molar-refractivity contribution is 6.34. The molecular weight excluding hydrogens is 324 g/mol. The molecule has 2 amide bonds. The predicted molar refractivity (Wildman–Crippen MR) is 78.2 cm³/mol.